The molecule has 2 heteroatoms. The molecule has 0 atom stereocenters. The van der Waals surface area contributed by atoms with E-state index in [9.17, 15) is 5.26 Å². The molecule has 1 fully saturated rings. The van der Waals surface area contributed by atoms with Gasteiger partial charge in [0.1, 0.15) is 0 Å². The van der Waals surface area contributed by atoms with Crippen LogP contribution in [0.4, 0.5) is 0 Å². The van der Waals surface area contributed by atoms with Crippen LogP contribution >= 0.6 is 0 Å². The molecule has 0 spiro atoms. The van der Waals surface area contributed by atoms with Gasteiger partial charge in [-0.25, -0.2) is 0 Å². The molecule has 2 nitrogen and oxygen atoms in total. The maximum absolute atomic E-state index is 9.72. The van der Waals surface area contributed by atoms with Gasteiger partial charge in [0.2, 0.25) is 0 Å². The lowest BCUT2D eigenvalue weighted by Crippen LogP contribution is -2.38. The minimum atomic E-state index is -0.286. The van der Waals surface area contributed by atoms with Crippen molar-refractivity contribution >= 4 is 0 Å². The van der Waals surface area contributed by atoms with Crippen LogP contribution in [0.25, 0.3) is 0 Å². The third kappa shape index (κ3) is 3.21. The maximum Gasteiger partial charge on any atom is 0.0823 e. The lowest BCUT2D eigenvalue weighted by atomic mass is 9.69. The molecule has 22 heavy (non-hydrogen) atoms. The van der Waals surface area contributed by atoms with Crippen LogP contribution in [-0.2, 0) is 12.0 Å². The SMILES string of the molecule is N#CC1(c2ccccc2)CCC(NCc2ccccc2)CC1. The Morgan fingerprint density at radius 1 is 0.955 bits per heavy atom. The van der Waals surface area contributed by atoms with E-state index in [0.29, 0.717) is 6.04 Å². The highest BCUT2D eigenvalue weighted by Crippen LogP contribution is 2.38. The second-order valence-corrected chi connectivity index (χ2v) is 6.20. The molecule has 0 aromatic heterocycles. The first kappa shape index (κ1) is 14.8. The summed E-state index contributed by atoms with van der Waals surface area (Å²) in [6.07, 6.45) is 4.02. The molecule has 0 amide bonds. The first-order valence-electron chi connectivity index (χ1n) is 8.06. The number of hydrogen-bond donors (Lipinski definition) is 1. The van der Waals surface area contributed by atoms with Crippen LogP contribution in [0.1, 0.15) is 36.8 Å². The van der Waals surface area contributed by atoms with Gasteiger partial charge in [0.25, 0.3) is 0 Å². The fourth-order valence-corrected chi connectivity index (χ4v) is 3.39. The van der Waals surface area contributed by atoms with Gasteiger partial charge in [0.05, 0.1) is 11.5 Å². The van der Waals surface area contributed by atoms with E-state index in [1.165, 1.54) is 11.1 Å². The van der Waals surface area contributed by atoms with E-state index in [4.69, 9.17) is 0 Å². The Balaban J connectivity index is 1.59. The largest absolute Gasteiger partial charge is 0.310 e. The molecule has 1 saturated carbocycles. The second kappa shape index (κ2) is 6.77. The van der Waals surface area contributed by atoms with Crippen molar-refractivity contribution in [1.29, 1.82) is 5.26 Å². The predicted octanol–water partition coefficient (Wildman–Crippen LogP) is 4.18. The normalized spacial score (nSPS) is 24.6. The van der Waals surface area contributed by atoms with Crippen molar-refractivity contribution in [2.45, 2.75) is 43.7 Å². The summed E-state index contributed by atoms with van der Waals surface area (Å²) < 4.78 is 0. The molecule has 112 valence electrons. The van der Waals surface area contributed by atoms with E-state index in [1.807, 2.05) is 24.3 Å². The van der Waals surface area contributed by atoms with E-state index in [2.05, 4.69) is 47.8 Å². The van der Waals surface area contributed by atoms with Crippen molar-refractivity contribution < 1.29 is 0 Å². The summed E-state index contributed by atoms with van der Waals surface area (Å²) in [4.78, 5) is 0. The molecule has 3 rings (SSSR count). The highest BCUT2D eigenvalue weighted by atomic mass is 14.9. The average Bonchev–Trinajstić information content (AvgIpc) is 2.62. The quantitative estimate of drug-likeness (QED) is 0.917. The van der Waals surface area contributed by atoms with Crippen LogP contribution in [0, 0.1) is 11.3 Å². The summed E-state index contributed by atoms with van der Waals surface area (Å²) in [5, 5.41) is 13.4. The summed E-state index contributed by atoms with van der Waals surface area (Å²) in [6, 6.07) is 23.9. The van der Waals surface area contributed by atoms with Crippen molar-refractivity contribution in [3.8, 4) is 6.07 Å². The molecule has 1 aliphatic carbocycles. The number of nitriles is 1. The summed E-state index contributed by atoms with van der Waals surface area (Å²) in [7, 11) is 0. The highest BCUT2D eigenvalue weighted by Gasteiger charge is 2.36. The van der Waals surface area contributed by atoms with Gasteiger partial charge in [-0.15, -0.1) is 0 Å². The fraction of sp³-hybridized carbons (Fsp3) is 0.350. The number of hydrogen-bond acceptors (Lipinski definition) is 2. The molecule has 0 radical (unpaired) electrons. The van der Waals surface area contributed by atoms with Crippen LogP contribution in [0.15, 0.2) is 60.7 Å². The molecule has 2 aromatic carbocycles. The molecule has 0 aliphatic heterocycles. The van der Waals surface area contributed by atoms with Gasteiger partial charge >= 0.3 is 0 Å². The summed E-state index contributed by atoms with van der Waals surface area (Å²) in [5.41, 5.74) is 2.22. The van der Waals surface area contributed by atoms with Gasteiger partial charge in [-0.05, 0) is 36.8 Å². The van der Waals surface area contributed by atoms with Gasteiger partial charge in [0.15, 0.2) is 0 Å². The highest BCUT2D eigenvalue weighted by molar-refractivity contribution is 5.33. The van der Waals surface area contributed by atoms with E-state index in [-0.39, 0.29) is 5.41 Å². The van der Waals surface area contributed by atoms with Crippen LogP contribution in [0.2, 0.25) is 0 Å². The van der Waals surface area contributed by atoms with Gasteiger partial charge in [0, 0.05) is 12.6 Å². The molecule has 1 N–H and O–H groups in total. The molecule has 1 aliphatic rings. The van der Waals surface area contributed by atoms with E-state index in [1.54, 1.807) is 0 Å². The van der Waals surface area contributed by atoms with E-state index in [0.717, 1.165) is 32.2 Å². The Labute approximate surface area is 132 Å². The monoisotopic (exact) mass is 290 g/mol. The number of rotatable bonds is 4. The standard InChI is InChI=1S/C20H22N2/c21-16-20(18-9-5-2-6-10-18)13-11-19(12-14-20)22-15-17-7-3-1-4-8-17/h1-10,19,22H,11-15H2. The third-order valence-corrected chi connectivity index (χ3v) is 4.82. The Hall–Kier alpha value is -2.11. The van der Waals surface area contributed by atoms with Crippen molar-refractivity contribution in [3.63, 3.8) is 0 Å². The van der Waals surface area contributed by atoms with Crippen molar-refractivity contribution in [1.82, 2.24) is 5.32 Å². The average molecular weight is 290 g/mol. The molecule has 2 aromatic rings. The van der Waals surface area contributed by atoms with Crippen LogP contribution < -0.4 is 5.32 Å². The summed E-state index contributed by atoms with van der Waals surface area (Å²) in [6.45, 7) is 0.913. The smallest absolute Gasteiger partial charge is 0.0823 e. The summed E-state index contributed by atoms with van der Waals surface area (Å²) >= 11 is 0. The Bertz CT molecular complexity index is 620. The number of benzene rings is 2. The van der Waals surface area contributed by atoms with Crippen LogP contribution in [-0.4, -0.2) is 6.04 Å². The Morgan fingerprint density at radius 3 is 2.14 bits per heavy atom. The van der Waals surface area contributed by atoms with Crippen LogP contribution in [0.3, 0.4) is 0 Å². The summed E-state index contributed by atoms with van der Waals surface area (Å²) in [5.74, 6) is 0. The van der Waals surface area contributed by atoms with Crippen LogP contribution in [0.5, 0.6) is 0 Å². The minimum absolute atomic E-state index is 0.286. The maximum atomic E-state index is 9.72. The molecule has 0 bridgehead atoms. The number of nitrogens with zero attached hydrogens (tertiary/aromatic N) is 1. The molecular formula is C20H22N2. The lowest BCUT2D eigenvalue weighted by molar-refractivity contribution is 0.294. The topological polar surface area (TPSA) is 35.8 Å². The zero-order valence-corrected chi connectivity index (χ0v) is 12.8. The van der Waals surface area contributed by atoms with Gasteiger partial charge < -0.3 is 5.32 Å². The van der Waals surface area contributed by atoms with Crippen molar-refractivity contribution in [2.75, 3.05) is 0 Å². The van der Waals surface area contributed by atoms with Crippen molar-refractivity contribution in [2.24, 2.45) is 0 Å². The Morgan fingerprint density at radius 2 is 1.55 bits per heavy atom. The molecule has 0 unspecified atom stereocenters. The lowest BCUT2D eigenvalue weighted by Gasteiger charge is -2.35. The fourth-order valence-electron chi connectivity index (χ4n) is 3.39. The van der Waals surface area contributed by atoms with E-state index < -0.39 is 0 Å². The predicted molar refractivity (Wildman–Crippen MR) is 89.3 cm³/mol. The van der Waals surface area contributed by atoms with Gasteiger partial charge in [-0.3, -0.25) is 0 Å². The zero-order chi connectivity index (χ0) is 15.3. The first-order chi connectivity index (χ1) is 10.8. The Kier molecular flexibility index (Phi) is 4.56. The first-order valence-corrected chi connectivity index (χ1v) is 8.06. The minimum Gasteiger partial charge on any atom is -0.310 e. The molecule has 0 heterocycles. The molecule has 0 saturated heterocycles. The van der Waals surface area contributed by atoms with Gasteiger partial charge in [-0.2, -0.15) is 5.26 Å². The second-order valence-electron chi connectivity index (χ2n) is 6.20. The number of nitrogens with one attached hydrogen (secondary N) is 1. The molecular weight excluding hydrogens is 268 g/mol. The third-order valence-electron chi connectivity index (χ3n) is 4.82. The van der Waals surface area contributed by atoms with Gasteiger partial charge in [-0.1, -0.05) is 60.7 Å². The zero-order valence-electron chi connectivity index (χ0n) is 12.8. The van der Waals surface area contributed by atoms with Crippen molar-refractivity contribution in [3.05, 3.63) is 71.8 Å². The van der Waals surface area contributed by atoms with E-state index >= 15 is 0 Å².